The summed E-state index contributed by atoms with van der Waals surface area (Å²) in [7, 11) is -0.113. The van der Waals surface area contributed by atoms with Crippen LogP contribution < -0.4 is 11.1 Å². The van der Waals surface area contributed by atoms with Gasteiger partial charge < -0.3 is 11.1 Å². The van der Waals surface area contributed by atoms with Crippen molar-refractivity contribution in [2.45, 2.75) is 6.92 Å². The van der Waals surface area contributed by atoms with Gasteiger partial charge in [0.05, 0.1) is 17.1 Å². The maximum absolute atomic E-state index is 11.5. The molecule has 0 heterocycles. The second-order valence-electron chi connectivity index (χ2n) is 4.12. The van der Waals surface area contributed by atoms with E-state index in [0.717, 1.165) is 11.3 Å². The molecule has 1 aromatic carbocycles. The number of nitrogens with one attached hydrogen (secondary N) is 1. The molecular formula is C11H19N3O2S. The van der Waals surface area contributed by atoms with E-state index in [9.17, 15) is 8.42 Å². The van der Waals surface area contributed by atoms with Gasteiger partial charge in [-0.05, 0) is 24.6 Å². The maximum atomic E-state index is 11.5. The van der Waals surface area contributed by atoms with E-state index in [2.05, 4.69) is 5.32 Å². The van der Waals surface area contributed by atoms with Gasteiger partial charge in [0.15, 0.2) is 0 Å². The SMILES string of the molecule is Cc1ccc(NCCS(=O)(=O)N(C)C)c(N)c1. The molecule has 6 heteroatoms. The van der Waals surface area contributed by atoms with E-state index < -0.39 is 10.0 Å². The molecule has 0 aliphatic rings. The number of sulfonamides is 1. The van der Waals surface area contributed by atoms with E-state index in [1.807, 2.05) is 25.1 Å². The number of anilines is 2. The Morgan fingerprint density at radius 1 is 1.35 bits per heavy atom. The second-order valence-corrected chi connectivity index (χ2v) is 6.42. The highest BCUT2D eigenvalue weighted by atomic mass is 32.2. The van der Waals surface area contributed by atoms with E-state index in [4.69, 9.17) is 5.73 Å². The molecule has 0 saturated carbocycles. The topological polar surface area (TPSA) is 75.4 Å². The fourth-order valence-electron chi connectivity index (χ4n) is 1.34. The molecule has 0 amide bonds. The van der Waals surface area contributed by atoms with Crippen molar-refractivity contribution >= 4 is 21.4 Å². The van der Waals surface area contributed by atoms with Crippen LogP contribution in [0, 0.1) is 6.92 Å². The van der Waals surface area contributed by atoms with Crippen molar-refractivity contribution in [3.05, 3.63) is 23.8 Å². The first-order valence-corrected chi connectivity index (χ1v) is 6.94. The first kappa shape index (κ1) is 13.8. The zero-order valence-electron chi connectivity index (χ0n) is 10.4. The highest BCUT2D eigenvalue weighted by Gasteiger charge is 2.12. The fourth-order valence-corrected chi connectivity index (χ4v) is 2.07. The van der Waals surface area contributed by atoms with Crippen LogP contribution in [-0.4, -0.2) is 39.1 Å². The van der Waals surface area contributed by atoms with Crippen LogP contribution in [0.25, 0.3) is 0 Å². The molecule has 0 spiro atoms. The van der Waals surface area contributed by atoms with Crippen molar-refractivity contribution in [2.24, 2.45) is 0 Å². The molecule has 96 valence electrons. The minimum atomic E-state index is -3.16. The number of rotatable bonds is 5. The molecule has 0 aliphatic carbocycles. The molecular weight excluding hydrogens is 238 g/mol. The molecule has 1 aromatic rings. The van der Waals surface area contributed by atoms with E-state index in [1.54, 1.807) is 0 Å². The zero-order valence-corrected chi connectivity index (χ0v) is 11.2. The van der Waals surface area contributed by atoms with Crippen molar-refractivity contribution < 1.29 is 8.42 Å². The summed E-state index contributed by atoms with van der Waals surface area (Å²) in [6.45, 7) is 2.30. The van der Waals surface area contributed by atoms with Crippen LogP contribution in [0.15, 0.2) is 18.2 Å². The van der Waals surface area contributed by atoms with Gasteiger partial charge >= 0.3 is 0 Å². The van der Waals surface area contributed by atoms with Crippen molar-refractivity contribution in [3.8, 4) is 0 Å². The molecule has 0 aliphatic heterocycles. The van der Waals surface area contributed by atoms with Gasteiger partial charge in [0.25, 0.3) is 0 Å². The normalized spacial score (nSPS) is 11.8. The Morgan fingerprint density at radius 2 is 2.00 bits per heavy atom. The maximum Gasteiger partial charge on any atom is 0.215 e. The van der Waals surface area contributed by atoms with E-state index in [-0.39, 0.29) is 5.75 Å². The number of nitrogen functional groups attached to an aromatic ring is 1. The lowest BCUT2D eigenvalue weighted by atomic mass is 10.2. The van der Waals surface area contributed by atoms with Crippen LogP contribution in [-0.2, 0) is 10.0 Å². The Kier molecular flexibility index (Phi) is 4.36. The summed E-state index contributed by atoms with van der Waals surface area (Å²) in [5, 5.41) is 3.02. The smallest absolute Gasteiger partial charge is 0.215 e. The average Bonchev–Trinajstić information content (AvgIpc) is 2.21. The average molecular weight is 257 g/mol. The molecule has 3 N–H and O–H groups in total. The largest absolute Gasteiger partial charge is 0.397 e. The van der Waals surface area contributed by atoms with Crippen LogP contribution in [0.5, 0.6) is 0 Å². The first-order valence-electron chi connectivity index (χ1n) is 5.33. The Bertz CT molecular complexity index is 483. The number of hydrogen-bond donors (Lipinski definition) is 2. The second kappa shape index (κ2) is 5.37. The Balaban J connectivity index is 2.58. The lowest BCUT2D eigenvalue weighted by Gasteiger charge is -2.13. The molecule has 0 fully saturated rings. The summed E-state index contributed by atoms with van der Waals surface area (Å²) in [5.74, 6) is 0.0489. The Morgan fingerprint density at radius 3 is 2.53 bits per heavy atom. The van der Waals surface area contributed by atoms with Crippen LogP contribution >= 0.6 is 0 Å². The summed E-state index contributed by atoms with van der Waals surface area (Å²) >= 11 is 0. The van der Waals surface area contributed by atoms with Crippen LogP contribution in [0.4, 0.5) is 11.4 Å². The van der Waals surface area contributed by atoms with Gasteiger partial charge in [-0.25, -0.2) is 12.7 Å². The van der Waals surface area contributed by atoms with E-state index in [1.165, 1.54) is 18.4 Å². The summed E-state index contributed by atoms with van der Waals surface area (Å²) < 4.78 is 24.2. The third-order valence-electron chi connectivity index (χ3n) is 2.44. The number of hydrogen-bond acceptors (Lipinski definition) is 4. The van der Waals surface area contributed by atoms with E-state index >= 15 is 0 Å². The molecule has 0 atom stereocenters. The molecule has 5 nitrogen and oxygen atoms in total. The molecule has 0 unspecified atom stereocenters. The highest BCUT2D eigenvalue weighted by molar-refractivity contribution is 7.89. The minimum Gasteiger partial charge on any atom is -0.397 e. The third-order valence-corrected chi connectivity index (χ3v) is 4.27. The molecule has 17 heavy (non-hydrogen) atoms. The van der Waals surface area contributed by atoms with Crippen molar-refractivity contribution in [3.63, 3.8) is 0 Å². The predicted molar refractivity (Wildman–Crippen MR) is 71.6 cm³/mol. The molecule has 0 saturated heterocycles. The van der Waals surface area contributed by atoms with Gasteiger partial charge in [-0.2, -0.15) is 0 Å². The lowest BCUT2D eigenvalue weighted by molar-refractivity contribution is 0.521. The standard InChI is InChI=1S/C11H19N3O2S/c1-9-4-5-11(10(12)8-9)13-6-7-17(15,16)14(2)3/h4-5,8,13H,6-7,12H2,1-3H3. The van der Waals surface area contributed by atoms with Gasteiger partial charge in [-0.15, -0.1) is 0 Å². The van der Waals surface area contributed by atoms with Gasteiger partial charge in [0.1, 0.15) is 0 Å². The lowest BCUT2D eigenvalue weighted by Crippen LogP contribution is -2.28. The number of nitrogens with zero attached hydrogens (tertiary/aromatic N) is 1. The summed E-state index contributed by atoms with van der Waals surface area (Å²) in [6, 6.07) is 5.63. The monoisotopic (exact) mass is 257 g/mol. The Hall–Kier alpha value is -1.27. The number of benzene rings is 1. The number of nitrogens with two attached hydrogens (primary N) is 1. The summed E-state index contributed by atoms with van der Waals surface area (Å²) in [5.41, 5.74) is 8.29. The molecule has 0 bridgehead atoms. The highest BCUT2D eigenvalue weighted by Crippen LogP contribution is 2.18. The molecule has 0 aromatic heterocycles. The fraction of sp³-hybridized carbons (Fsp3) is 0.455. The van der Waals surface area contributed by atoms with E-state index in [0.29, 0.717) is 12.2 Å². The van der Waals surface area contributed by atoms with Gasteiger partial charge in [0, 0.05) is 20.6 Å². The Labute approximate surface area is 103 Å². The number of aryl methyl sites for hydroxylation is 1. The van der Waals surface area contributed by atoms with Crippen LogP contribution in [0.1, 0.15) is 5.56 Å². The van der Waals surface area contributed by atoms with Gasteiger partial charge in [0.2, 0.25) is 10.0 Å². The third kappa shape index (κ3) is 3.90. The van der Waals surface area contributed by atoms with Crippen LogP contribution in [0.2, 0.25) is 0 Å². The summed E-state index contributed by atoms with van der Waals surface area (Å²) in [4.78, 5) is 0. The summed E-state index contributed by atoms with van der Waals surface area (Å²) in [6.07, 6.45) is 0. The van der Waals surface area contributed by atoms with Crippen molar-refractivity contribution in [1.29, 1.82) is 0 Å². The van der Waals surface area contributed by atoms with Gasteiger partial charge in [-0.3, -0.25) is 0 Å². The predicted octanol–water partition coefficient (Wildman–Crippen LogP) is 0.881. The van der Waals surface area contributed by atoms with Crippen LogP contribution in [0.3, 0.4) is 0 Å². The minimum absolute atomic E-state index is 0.0489. The van der Waals surface area contributed by atoms with Crippen molar-refractivity contribution in [1.82, 2.24) is 4.31 Å². The zero-order chi connectivity index (χ0) is 13.1. The molecule has 0 radical (unpaired) electrons. The molecule has 1 rings (SSSR count). The quantitative estimate of drug-likeness (QED) is 0.768. The van der Waals surface area contributed by atoms with Crippen molar-refractivity contribution in [2.75, 3.05) is 37.4 Å². The van der Waals surface area contributed by atoms with Gasteiger partial charge in [-0.1, -0.05) is 6.07 Å². The first-order chi connectivity index (χ1) is 7.83.